The molecule has 2 N–H and O–H groups in total. The molecule has 0 radical (unpaired) electrons. The summed E-state index contributed by atoms with van der Waals surface area (Å²) in [7, 11) is 0. The summed E-state index contributed by atoms with van der Waals surface area (Å²) in [5.74, 6) is 0.733. The molecule has 0 amide bonds. The van der Waals surface area contributed by atoms with Crippen LogP contribution in [-0.2, 0) is 0 Å². The second-order valence-electron chi connectivity index (χ2n) is 3.55. The summed E-state index contributed by atoms with van der Waals surface area (Å²) in [4.78, 5) is 0. The Bertz CT molecular complexity index is 104. The second kappa shape index (κ2) is 4.73. The fourth-order valence-electron chi connectivity index (χ4n) is 1.86. The van der Waals surface area contributed by atoms with Gasteiger partial charge < -0.3 is 10.2 Å². The lowest BCUT2D eigenvalue weighted by molar-refractivity contribution is 0.176. The van der Waals surface area contributed by atoms with Crippen molar-refractivity contribution >= 4 is 0 Å². The van der Waals surface area contributed by atoms with Gasteiger partial charge in [-0.15, -0.1) is 0 Å². The zero-order valence-corrected chi connectivity index (χ0v) is 7.00. The highest BCUT2D eigenvalue weighted by molar-refractivity contribution is 4.74. The first kappa shape index (κ1) is 9.01. The minimum Gasteiger partial charge on any atom is -0.396 e. The fourth-order valence-corrected chi connectivity index (χ4v) is 1.86. The van der Waals surface area contributed by atoms with E-state index in [1.165, 1.54) is 12.8 Å². The lowest BCUT2D eigenvalue weighted by Crippen LogP contribution is -2.00. The Labute approximate surface area is 68.2 Å². The predicted molar refractivity (Wildman–Crippen MR) is 44.3 cm³/mol. The molecule has 0 aromatic rings. The van der Waals surface area contributed by atoms with Crippen LogP contribution in [0, 0.1) is 5.92 Å². The molecule has 1 fully saturated rings. The van der Waals surface area contributed by atoms with Crippen LogP contribution >= 0.6 is 0 Å². The van der Waals surface area contributed by atoms with Crippen molar-refractivity contribution in [3.8, 4) is 0 Å². The van der Waals surface area contributed by atoms with E-state index < -0.39 is 0 Å². The number of hydrogen-bond acceptors (Lipinski definition) is 2. The van der Waals surface area contributed by atoms with E-state index in [4.69, 9.17) is 5.11 Å². The first-order valence-corrected chi connectivity index (χ1v) is 4.62. The van der Waals surface area contributed by atoms with Gasteiger partial charge in [-0.25, -0.2) is 0 Å². The maximum absolute atomic E-state index is 9.21. The molecular formula is C9H18O2. The van der Waals surface area contributed by atoms with Crippen molar-refractivity contribution in [3.05, 3.63) is 0 Å². The van der Waals surface area contributed by atoms with E-state index in [1.807, 2.05) is 0 Å². The van der Waals surface area contributed by atoms with Crippen molar-refractivity contribution in [2.45, 2.75) is 44.6 Å². The minimum absolute atomic E-state index is 0.0332. The SMILES string of the molecule is OCCCC[C@H]1CC[C@H](O)C1. The lowest BCUT2D eigenvalue weighted by Gasteiger charge is -2.06. The third-order valence-electron chi connectivity index (χ3n) is 2.53. The molecule has 0 spiro atoms. The normalized spacial score (nSPS) is 31.1. The quantitative estimate of drug-likeness (QED) is 0.606. The zero-order valence-electron chi connectivity index (χ0n) is 7.00. The molecule has 1 rings (SSSR count). The Morgan fingerprint density at radius 2 is 2.00 bits per heavy atom. The van der Waals surface area contributed by atoms with E-state index >= 15 is 0 Å². The molecule has 1 aliphatic carbocycles. The van der Waals surface area contributed by atoms with Gasteiger partial charge in [0.15, 0.2) is 0 Å². The Kier molecular flexibility index (Phi) is 3.87. The molecule has 2 heteroatoms. The molecule has 1 aliphatic rings. The molecule has 0 aromatic heterocycles. The largest absolute Gasteiger partial charge is 0.396 e. The van der Waals surface area contributed by atoms with Crippen LogP contribution in [0.4, 0.5) is 0 Å². The summed E-state index contributed by atoms with van der Waals surface area (Å²) >= 11 is 0. The maximum atomic E-state index is 9.21. The highest BCUT2D eigenvalue weighted by atomic mass is 16.3. The Hall–Kier alpha value is -0.0800. The molecule has 0 unspecified atom stereocenters. The Morgan fingerprint density at radius 1 is 1.18 bits per heavy atom. The number of rotatable bonds is 4. The second-order valence-corrected chi connectivity index (χ2v) is 3.55. The van der Waals surface area contributed by atoms with E-state index in [1.54, 1.807) is 0 Å². The molecule has 66 valence electrons. The van der Waals surface area contributed by atoms with Crippen LogP contribution in [0.25, 0.3) is 0 Å². The van der Waals surface area contributed by atoms with Crippen LogP contribution < -0.4 is 0 Å². The number of aliphatic hydroxyl groups excluding tert-OH is 2. The van der Waals surface area contributed by atoms with Crippen LogP contribution in [0.15, 0.2) is 0 Å². The van der Waals surface area contributed by atoms with Crippen molar-refractivity contribution in [2.24, 2.45) is 5.92 Å². The molecule has 0 bridgehead atoms. The molecule has 0 aromatic carbocycles. The van der Waals surface area contributed by atoms with Crippen LogP contribution in [0.2, 0.25) is 0 Å². The van der Waals surface area contributed by atoms with Crippen LogP contribution in [0.5, 0.6) is 0 Å². The number of unbranched alkanes of at least 4 members (excludes halogenated alkanes) is 1. The first-order chi connectivity index (χ1) is 5.33. The van der Waals surface area contributed by atoms with Crippen molar-refractivity contribution < 1.29 is 10.2 Å². The summed E-state index contributed by atoms with van der Waals surface area (Å²) in [5, 5.41) is 17.7. The molecule has 2 nitrogen and oxygen atoms in total. The highest BCUT2D eigenvalue weighted by Crippen LogP contribution is 2.29. The molecule has 11 heavy (non-hydrogen) atoms. The smallest absolute Gasteiger partial charge is 0.0543 e. The van der Waals surface area contributed by atoms with Gasteiger partial charge in [0.1, 0.15) is 0 Å². The standard InChI is InChI=1S/C9H18O2/c10-6-2-1-3-8-4-5-9(11)7-8/h8-11H,1-7H2/t8-,9-/m0/s1. The van der Waals surface area contributed by atoms with Gasteiger partial charge in [-0.2, -0.15) is 0 Å². The summed E-state index contributed by atoms with van der Waals surface area (Å²) in [6, 6.07) is 0. The zero-order chi connectivity index (χ0) is 8.10. The van der Waals surface area contributed by atoms with Crippen molar-refractivity contribution in [3.63, 3.8) is 0 Å². The van der Waals surface area contributed by atoms with Gasteiger partial charge in [-0.3, -0.25) is 0 Å². The van der Waals surface area contributed by atoms with Gasteiger partial charge in [0.2, 0.25) is 0 Å². The van der Waals surface area contributed by atoms with E-state index in [0.717, 1.165) is 31.6 Å². The highest BCUT2D eigenvalue weighted by Gasteiger charge is 2.21. The average molecular weight is 158 g/mol. The van der Waals surface area contributed by atoms with Crippen LogP contribution in [0.1, 0.15) is 38.5 Å². The van der Waals surface area contributed by atoms with Gasteiger partial charge in [0.05, 0.1) is 6.10 Å². The minimum atomic E-state index is -0.0332. The number of hydrogen-bond donors (Lipinski definition) is 2. The van der Waals surface area contributed by atoms with Crippen molar-refractivity contribution in [1.29, 1.82) is 0 Å². The third-order valence-corrected chi connectivity index (χ3v) is 2.53. The topological polar surface area (TPSA) is 40.5 Å². The summed E-state index contributed by atoms with van der Waals surface area (Å²) in [6.45, 7) is 0.315. The van der Waals surface area contributed by atoms with E-state index in [9.17, 15) is 5.11 Å². The molecular weight excluding hydrogens is 140 g/mol. The maximum Gasteiger partial charge on any atom is 0.0543 e. The molecule has 0 aliphatic heterocycles. The van der Waals surface area contributed by atoms with Gasteiger partial charge in [0.25, 0.3) is 0 Å². The monoisotopic (exact) mass is 158 g/mol. The fraction of sp³-hybridized carbons (Fsp3) is 1.00. The van der Waals surface area contributed by atoms with Crippen molar-refractivity contribution in [1.82, 2.24) is 0 Å². The first-order valence-electron chi connectivity index (χ1n) is 4.62. The van der Waals surface area contributed by atoms with Gasteiger partial charge in [0, 0.05) is 6.61 Å². The lowest BCUT2D eigenvalue weighted by atomic mass is 10.0. The van der Waals surface area contributed by atoms with Crippen LogP contribution in [0.3, 0.4) is 0 Å². The van der Waals surface area contributed by atoms with E-state index in [0.29, 0.717) is 6.61 Å². The van der Waals surface area contributed by atoms with Crippen LogP contribution in [-0.4, -0.2) is 22.9 Å². The van der Waals surface area contributed by atoms with Gasteiger partial charge in [-0.1, -0.05) is 12.8 Å². The molecule has 0 heterocycles. The molecule has 1 saturated carbocycles. The Balaban J connectivity index is 1.99. The van der Waals surface area contributed by atoms with E-state index in [2.05, 4.69) is 0 Å². The van der Waals surface area contributed by atoms with Gasteiger partial charge in [-0.05, 0) is 31.6 Å². The Morgan fingerprint density at radius 3 is 2.55 bits per heavy atom. The van der Waals surface area contributed by atoms with Gasteiger partial charge >= 0.3 is 0 Å². The van der Waals surface area contributed by atoms with E-state index in [-0.39, 0.29) is 6.10 Å². The molecule has 0 saturated heterocycles. The summed E-state index contributed by atoms with van der Waals surface area (Å²) < 4.78 is 0. The van der Waals surface area contributed by atoms with Crippen molar-refractivity contribution in [2.75, 3.05) is 6.61 Å². The molecule has 2 atom stereocenters. The predicted octanol–water partition coefficient (Wildman–Crippen LogP) is 1.31. The summed E-state index contributed by atoms with van der Waals surface area (Å²) in [5.41, 5.74) is 0. The average Bonchev–Trinajstić information content (AvgIpc) is 2.37. The number of aliphatic hydroxyl groups is 2. The summed E-state index contributed by atoms with van der Waals surface area (Å²) in [6.07, 6.45) is 6.37. The third kappa shape index (κ3) is 3.21.